The summed E-state index contributed by atoms with van der Waals surface area (Å²) in [6.07, 6.45) is 0. The van der Waals surface area contributed by atoms with Crippen molar-refractivity contribution in [1.82, 2.24) is 4.31 Å². The number of morpholine rings is 1. The zero-order chi connectivity index (χ0) is 16.1. The molecule has 0 unspecified atom stereocenters. The Bertz CT molecular complexity index is 617. The Morgan fingerprint density at radius 3 is 2.29 bits per heavy atom. The van der Waals surface area contributed by atoms with Crippen molar-refractivity contribution >= 4 is 21.4 Å². The molecule has 7 heteroatoms. The molecule has 0 atom stereocenters. The minimum atomic E-state index is -3.55. The van der Waals surface area contributed by atoms with Gasteiger partial charge in [0.25, 0.3) is 0 Å². The van der Waals surface area contributed by atoms with E-state index in [4.69, 9.17) is 10.5 Å². The van der Waals surface area contributed by atoms with E-state index in [2.05, 4.69) is 0 Å². The van der Waals surface area contributed by atoms with Gasteiger partial charge in [0.05, 0.1) is 11.2 Å². The lowest BCUT2D eigenvalue weighted by Crippen LogP contribution is -2.58. The lowest BCUT2D eigenvalue weighted by atomic mass is 10.0. The molecule has 5 nitrogen and oxygen atoms in total. The van der Waals surface area contributed by atoms with E-state index in [1.165, 1.54) is 15.6 Å². The van der Waals surface area contributed by atoms with E-state index in [0.29, 0.717) is 18.0 Å². The van der Waals surface area contributed by atoms with Crippen LogP contribution in [0, 0.1) is 6.92 Å². The summed E-state index contributed by atoms with van der Waals surface area (Å²) in [5.74, 6) is 0. The summed E-state index contributed by atoms with van der Waals surface area (Å²) in [6, 6.07) is 0. The molecule has 1 aromatic heterocycles. The van der Waals surface area contributed by atoms with Gasteiger partial charge in [0.2, 0.25) is 10.0 Å². The van der Waals surface area contributed by atoms with Gasteiger partial charge in [-0.3, -0.25) is 0 Å². The molecule has 0 aromatic carbocycles. The SMILES string of the molecule is Cc1csc(CN)c1S(=O)(=O)N1CC(C)(C)OC(C)(C)C1. The zero-order valence-corrected chi connectivity index (χ0v) is 14.9. The molecule has 21 heavy (non-hydrogen) atoms. The first-order valence-corrected chi connectivity index (χ1v) is 9.28. The molecule has 2 rings (SSSR count). The fourth-order valence-electron chi connectivity index (χ4n) is 2.99. The Kier molecular flexibility index (Phi) is 4.27. The van der Waals surface area contributed by atoms with Crippen molar-refractivity contribution in [2.45, 2.75) is 57.3 Å². The first kappa shape index (κ1) is 16.9. The highest BCUT2D eigenvalue weighted by Crippen LogP contribution is 2.35. The van der Waals surface area contributed by atoms with E-state index in [-0.39, 0.29) is 6.54 Å². The molecule has 120 valence electrons. The van der Waals surface area contributed by atoms with Gasteiger partial charge in [-0.2, -0.15) is 4.31 Å². The van der Waals surface area contributed by atoms with Crippen molar-refractivity contribution in [2.75, 3.05) is 13.1 Å². The second-order valence-corrected chi connectivity index (χ2v) is 9.61. The number of nitrogens with two attached hydrogens (primary N) is 1. The highest BCUT2D eigenvalue weighted by molar-refractivity contribution is 7.89. The maximum atomic E-state index is 13.0. The third-order valence-corrected chi connectivity index (χ3v) is 6.72. The minimum Gasteiger partial charge on any atom is -0.367 e. The molecule has 0 radical (unpaired) electrons. The molecule has 0 bridgehead atoms. The lowest BCUT2D eigenvalue weighted by molar-refractivity contribution is -0.163. The van der Waals surface area contributed by atoms with Crippen LogP contribution in [-0.4, -0.2) is 37.0 Å². The Morgan fingerprint density at radius 2 is 1.81 bits per heavy atom. The molecular formula is C14H24N2O3S2. The molecule has 1 fully saturated rings. The first-order valence-electron chi connectivity index (χ1n) is 6.96. The van der Waals surface area contributed by atoms with Crippen molar-refractivity contribution in [3.8, 4) is 0 Å². The van der Waals surface area contributed by atoms with Crippen LogP contribution in [0.2, 0.25) is 0 Å². The fraction of sp³-hybridized carbons (Fsp3) is 0.714. The van der Waals surface area contributed by atoms with Gasteiger partial charge in [0.1, 0.15) is 4.90 Å². The smallest absolute Gasteiger partial charge is 0.244 e. The van der Waals surface area contributed by atoms with Crippen LogP contribution in [0.4, 0.5) is 0 Å². The predicted octanol–water partition coefficient (Wildman–Crippen LogP) is 2.09. The Morgan fingerprint density at radius 1 is 1.29 bits per heavy atom. The maximum Gasteiger partial charge on any atom is 0.244 e. The van der Waals surface area contributed by atoms with Crippen molar-refractivity contribution in [3.63, 3.8) is 0 Å². The molecule has 0 amide bonds. The second-order valence-electron chi connectivity index (χ2n) is 6.77. The van der Waals surface area contributed by atoms with Gasteiger partial charge in [-0.25, -0.2) is 8.42 Å². The minimum absolute atomic E-state index is 0.240. The van der Waals surface area contributed by atoms with Gasteiger partial charge in [-0.05, 0) is 45.6 Å². The molecule has 2 heterocycles. The van der Waals surface area contributed by atoms with Crippen molar-refractivity contribution in [2.24, 2.45) is 5.73 Å². The molecule has 1 aliphatic rings. The van der Waals surface area contributed by atoms with Gasteiger partial charge in [0.15, 0.2) is 0 Å². The highest BCUT2D eigenvalue weighted by Gasteiger charge is 2.44. The summed E-state index contributed by atoms with van der Waals surface area (Å²) in [7, 11) is -3.55. The molecule has 2 N–H and O–H groups in total. The van der Waals surface area contributed by atoms with Crippen LogP contribution in [0.1, 0.15) is 38.1 Å². The third-order valence-electron chi connectivity index (χ3n) is 3.44. The van der Waals surface area contributed by atoms with Gasteiger partial charge >= 0.3 is 0 Å². The molecule has 1 saturated heterocycles. The van der Waals surface area contributed by atoms with E-state index in [1.807, 2.05) is 40.0 Å². The summed E-state index contributed by atoms with van der Waals surface area (Å²) in [4.78, 5) is 1.10. The largest absolute Gasteiger partial charge is 0.367 e. The maximum absolute atomic E-state index is 13.0. The monoisotopic (exact) mass is 332 g/mol. The van der Waals surface area contributed by atoms with Gasteiger partial charge in [0, 0.05) is 24.5 Å². The summed E-state index contributed by atoms with van der Waals surface area (Å²) in [6.45, 7) is 10.4. The fourth-order valence-corrected chi connectivity index (χ4v) is 6.38. The number of hydrogen-bond acceptors (Lipinski definition) is 5. The topological polar surface area (TPSA) is 72.6 Å². The van der Waals surface area contributed by atoms with Crippen molar-refractivity contribution < 1.29 is 13.2 Å². The Labute approximate surface area is 131 Å². The summed E-state index contributed by atoms with van der Waals surface area (Å²) < 4.78 is 33.6. The molecule has 0 saturated carbocycles. The Hall–Kier alpha value is -0.470. The van der Waals surface area contributed by atoms with Crippen molar-refractivity contribution in [3.05, 3.63) is 15.8 Å². The van der Waals surface area contributed by atoms with Crippen LogP contribution in [0.5, 0.6) is 0 Å². The van der Waals surface area contributed by atoms with E-state index in [0.717, 1.165) is 10.4 Å². The first-order chi connectivity index (χ1) is 9.48. The van der Waals surface area contributed by atoms with Crippen LogP contribution in [0.25, 0.3) is 0 Å². The molecule has 0 spiro atoms. The normalized spacial score (nSPS) is 22.4. The second kappa shape index (κ2) is 5.31. The molecule has 0 aliphatic carbocycles. The van der Waals surface area contributed by atoms with Gasteiger partial charge < -0.3 is 10.5 Å². The van der Waals surface area contributed by atoms with Crippen LogP contribution in [0.3, 0.4) is 0 Å². The Balaban J connectivity index is 2.46. The molecule has 1 aliphatic heterocycles. The average Bonchev–Trinajstić information content (AvgIpc) is 2.66. The van der Waals surface area contributed by atoms with Gasteiger partial charge in [-0.1, -0.05) is 0 Å². The quantitative estimate of drug-likeness (QED) is 0.920. The number of rotatable bonds is 3. The number of aryl methyl sites for hydroxylation is 1. The summed E-state index contributed by atoms with van der Waals surface area (Å²) in [5, 5.41) is 1.85. The number of ether oxygens (including phenoxy) is 1. The van der Waals surface area contributed by atoms with Crippen LogP contribution < -0.4 is 5.73 Å². The van der Waals surface area contributed by atoms with Crippen molar-refractivity contribution in [1.29, 1.82) is 0 Å². The standard InChI is InChI=1S/C14H24N2O3S2/c1-10-7-20-11(6-15)12(10)21(17,18)16-8-13(2,3)19-14(4,5)9-16/h7H,6,8-9,15H2,1-5H3. The number of nitrogens with zero attached hydrogens (tertiary/aromatic N) is 1. The molecule has 1 aromatic rings. The average molecular weight is 332 g/mol. The van der Waals surface area contributed by atoms with E-state index >= 15 is 0 Å². The predicted molar refractivity (Wildman–Crippen MR) is 84.9 cm³/mol. The lowest BCUT2D eigenvalue weighted by Gasteiger charge is -2.46. The van der Waals surface area contributed by atoms with E-state index in [1.54, 1.807) is 0 Å². The summed E-state index contributed by atoms with van der Waals surface area (Å²) in [5.41, 5.74) is 5.44. The number of sulfonamides is 1. The van der Waals surface area contributed by atoms with Gasteiger partial charge in [-0.15, -0.1) is 11.3 Å². The number of thiophene rings is 1. The van der Waals surface area contributed by atoms with Crippen LogP contribution in [-0.2, 0) is 21.3 Å². The molecular weight excluding hydrogens is 308 g/mol. The van der Waals surface area contributed by atoms with E-state index in [9.17, 15) is 8.42 Å². The van der Waals surface area contributed by atoms with E-state index < -0.39 is 21.2 Å². The van der Waals surface area contributed by atoms with Crippen LogP contribution >= 0.6 is 11.3 Å². The summed E-state index contributed by atoms with van der Waals surface area (Å²) >= 11 is 1.40. The zero-order valence-electron chi connectivity index (χ0n) is 13.3. The number of hydrogen-bond donors (Lipinski definition) is 1. The van der Waals surface area contributed by atoms with Crippen LogP contribution in [0.15, 0.2) is 10.3 Å². The highest BCUT2D eigenvalue weighted by atomic mass is 32.2. The third kappa shape index (κ3) is 3.32.